The van der Waals surface area contributed by atoms with Gasteiger partial charge in [-0.05, 0) is 17.7 Å². The number of carbonyl (C=O) groups is 2. The van der Waals surface area contributed by atoms with Gasteiger partial charge in [-0.15, -0.1) is 0 Å². The van der Waals surface area contributed by atoms with Gasteiger partial charge in [0.2, 0.25) is 21.8 Å². The van der Waals surface area contributed by atoms with Gasteiger partial charge in [0.15, 0.2) is 0 Å². The van der Waals surface area contributed by atoms with Crippen molar-refractivity contribution in [2.45, 2.75) is 11.4 Å². The first kappa shape index (κ1) is 26.0. The Morgan fingerprint density at radius 2 is 1.74 bits per heavy atom. The second-order valence-electron chi connectivity index (χ2n) is 7.69. The molecule has 34 heavy (non-hydrogen) atoms. The number of sulfonamides is 1. The fourth-order valence-corrected chi connectivity index (χ4v) is 5.47. The molecule has 2 amide bonds. The van der Waals surface area contributed by atoms with Gasteiger partial charge in [0.25, 0.3) is 0 Å². The summed E-state index contributed by atoms with van der Waals surface area (Å²) in [6.45, 7) is 1.17. The Labute approximate surface area is 208 Å². The molecule has 0 aromatic heterocycles. The highest BCUT2D eigenvalue weighted by Crippen LogP contribution is 2.30. The van der Waals surface area contributed by atoms with Crippen LogP contribution in [0.5, 0.6) is 0 Å². The van der Waals surface area contributed by atoms with Crippen molar-refractivity contribution >= 4 is 50.9 Å². The normalized spacial score (nSPS) is 13.4. The number of aliphatic imine (C=N–C) groups is 1. The molecule has 0 aliphatic carbocycles. The first-order valence-corrected chi connectivity index (χ1v) is 12.6. The minimum Gasteiger partial charge on any atom is -0.368 e. The van der Waals surface area contributed by atoms with Crippen LogP contribution >= 0.6 is 23.2 Å². The van der Waals surface area contributed by atoms with Gasteiger partial charge in [-0.2, -0.15) is 4.31 Å². The molecule has 1 aliphatic heterocycles. The van der Waals surface area contributed by atoms with Crippen molar-refractivity contribution < 1.29 is 18.0 Å². The quantitative estimate of drug-likeness (QED) is 0.517. The number of halogens is 2. The molecule has 0 saturated carbocycles. The predicted octanol–water partition coefficient (Wildman–Crippen LogP) is 1.74. The molecule has 0 unspecified atom stereocenters. The molecule has 0 spiro atoms. The zero-order valence-electron chi connectivity index (χ0n) is 18.7. The fraction of sp³-hybridized carbons (Fsp3) is 0.318. The van der Waals surface area contributed by atoms with Crippen LogP contribution in [0, 0.1) is 0 Å². The molecule has 0 bridgehead atoms. The number of carbonyl (C=O) groups excluding carboxylic acids is 2. The van der Waals surface area contributed by atoms with Gasteiger partial charge in [-0.25, -0.2) is 8.42 Å². The largest absolute Gasteiger partial charge is 0.368 e. The van der Waals surface area contributed by atoms with E-state index < -0.39 is 22.5 Å². The number of hydrogen-bond acceptors (Lipinski definition) is 6. The molecule has 2 N–H and O–H groups in total. The second kappa shape index (κ2) is 11.2. The van der Waals surface area contributed by atoms with Crippen molar-refractivity contribution in [1.29, 1.82) is 0 Å². The van der Waals surface area contributed by atoms with Crippen LogP contribution in [0.4, 0.5) is 0 Å². The first-order valence-electron chi connectivity index (χ1n) is 10.4. The van der Waals surface area contributed by atoms with Gasteiger partial charge in [-0.1, -0.05) is 53.5 Å². The molecule has 1 heterocycles. The number of hydrogen-bond donors (Lipinski definition) is 2. The topological polar surface area (TPSA) is 111 Å². The third-order valence-electron chi connectivity index (χ3n) is 5.14. The Morgan fingerprint density at radius 1 is 1.09 bits per heavy atom. The summed E-state index contributed by atoms with van der Waals surface area (Å²) in [5, 5.41) is 5.57. The summed E-state index contributed by atoms with van der Waals surface area (Å²) in [6, 6.07) is 12.0. The highest BCUT2D eigenvalue weighted by Gasteiger charge is 2.28. The maximum Gasteiger partial charge on any atom is 0.246 e. The number of nitrogens with zero attached hydrogens (tertiary/aromatic N) is 3. The van der Waals surface area contributed by atoms with E-state index in [1.807, 2.05) is 24.3 Å². The van der Waals surface area contributed by atoms with Gasteiger partial charge in [-0.3, -0.25) is 14.6 Å². The molecule has 2 aromatic carbocycles. The Kier molecular flexibility index (Phi) is 8.53. The first-order chi connectivity index (χ1) is 16.1. The number of amides is 2. The van der Waals surface area contributed by atoms with Crippen LogP contribution in [-0.2, 0) is 26.2 Å². The van der Waals surface area contributed by atoms with Crippen LogP contribution in [0.3, 0.4) is 0 Å². The van der Waals surface area contributed by atoms with Crippen LogP contribution in [0.1, 0.15) is 11.1 Å². The summed E-state index contributed by atoms with van der Waals surface area (Å²) in [4.78, 5) is 30.3. The standard InChI is InChI=1S/C22H25Cl2N5O4S/c1-28(13-15-6-8-16(9-7-15)22-25-10-11-26-22)20(31)12-27-19(30)14-29(2)34(32,33)21-17(23)4-3-5-18(21)24/h3-9H,10-14H2,1-2H3,(H,25,26)(H,27,30). The van der Waals surface area contributed by atoms with Gasteiger partial charge in [0, 0.05) is 32.7 Å². The van der Waals surface area contributed by atoms with E-state index in [1.165, 1.54) is 30.1 Å². The Morgan fingerprint density at radius 3 is 2.32 bits per heavy atom. The summed E-state index contributed by atoms with van der Waals surface area (Å²) in [5.41, 5.74) is 1.91. The monoisotopic (exact) mass is 525 g/mol. The van der Waals surface area contributed by atoms with Crippen molar-refractivity contribution in [3.63, 3.8) is 0 Å². The fourth-order valence-electron chi connectivity index (χ4n) is 3.26. The molecule has 0 radical (unpaired) electrons. The smallest absolute Gasteiger partial charge is 0.246 e. The van der Waals surface area contributed by atoms with Crippen LogP contribution in [0.15, 0.2) is 52.4 Å². The summed E-state index contributed by atoms with van der Waals surface area (Å²) < 4.78 is 26.3. The molecule has 3 rings (SSSR count). The SMILES string of the molecule is CN(Cc1ccc(C2=NCCN2)cc1)C(=O)CNC(=O)CN(C)S(=O)(=O)c1c(Cl)cccc1Cl. The van der Waals surface area contributed by atoms with E-state index in [4.69, 9.17) is 23.2 Å². The van der Waals surface area contributed by atoms with E-state index in [1.54, 1.807) is 7.05 Å². The van der Waals surface area contributed by atoms with E-state index in [2.05, 4.69) is 15.6 Å². The van der Waals surface area contributed by atoms with E-state index in [0.29, 0.717) is 6.54 Å². The van der Waals surface area contributed by atoms with Crippen molar-refractivity contribution in [1.82, 2.24) is 19.8 Å². The Bertz CT molecular complexity index is 1180. The van der Waals surface area contributed by atoms with Gasteiger partial charge < -0.3 is 15.5 Å². The van der Waals surface area contributed by atoms with E-state index >= 15 is 0 Å². The molecule has 0 fully saturated rings. The summed E-state index contributed by atoms with van der Waals surface area (Å²) in [7, 11) is -1.24. The number of rotatable bonds is 9. The lowest BCUT2D eigenvalue weighted by Crippen LogP contribution is -2.43. The van der Waals surface area contributed by atoms with Crippen LogP contribution < -0.4 is 10.6 Å². The highest BCUT2D eigenvalue weighted by atomic mass is 35.5. The zero-order valence-corrected chi connectivity index (χ0v) is 21.0. The lowest BCUT2D eigenvalue weighted by Gasteiger charge is -2.20. The summed E-state index contributed by atoms with van der Waals surface area (Å²) in [5.74, 6) is -0.0911. The molecule has 0 atom stereocenters. The maximum atomic E-state index is 12.8. The molecule has 0 saturated heterocycles. The number of benzene rings is 2. The summed E-state index contributed by atoms with van der Waals surface area (Å²) >= 11 is 12.0. The number of likely N-dealkylation sites (N-methyl/N-ethyl adjacent to an activating group) is 2. The number of amidine groups is 1. The van der Waals surface area contributed by atoms with Gasteiger partial charge in [0.05, 0.1) is 29.7 Å². The Balaban J connectivity index is 1.50. The van der Waals surface area contributed by atoms with Gasteiger partial charge >= 0.3 is 0 Å². The van der Waals surface area contributed by atoms with Crippen LogP contribution in [0.2, 0.25) is 10.0 Å². The van der Waals surface area contributed by atoms with E-state index in [0.717, 1.165) is 34.4 Å². The highest BCUT2D eigenvalue weighted by molar-refractivity contribution is 7.89. The molecular weight excluding hydrogens is 501 g/mol. The number of nitrogens with one attached hydrogen (secondary N) is 2. The van der Waals surface area contributed by atoms with Crippen molar-refractivity contribution in [3.05, 3.63) is 63.6 Å². The van der Waals surface area contributed by atoms with Gasteiger partial charge in [0.1, 0.15) is 10.7 Å². The van der Waals surface area contributed by atoms with Crippen LogP contribution in [0.25, 0.3) is 0 Å². The molecule has 9 nitrogen and oxygen atoms in total. The maximum absolute atomic E-state index is 12.8. The van der Waals surface area contributed by atoms with Crippen molar-refractivity contribution in [2.24, 2.45) is 4.99 Å². The average Bonchev–Trinajstić information content (AvgIpc) is 3.32. The van der Waals surface area contributed by atoms with E-state index in [-0.39, 0.29) is 27.4 Å². The average molecular weight is 526 g/mol. The molecule has 12 heteroatoms. The summed E-state index contributed by atoms with van der Waals surface area (Å²) in [6.07, 6.45) is 0. The third-order valence-corrected chi connectivity index (χ3v) is 7.90. The minimum atomic E-state index is -4.10. The molecular formula is C22H25Cl2N5O4S. The third kappa shape index (κ3) is 6.26. The van der Waals surface area contributed by atoms with E-state index in [9.17, 15) is 18.0 Å². The molecule has 1 aliphatic rings. The van der Waals surface area contributed by atoms with Crippen molar-refractivity contribution in [2.75, 3.05) is 40.3 Å². The molecule has 182 valence electrons. The molecule has 2 aromatic rings. The van der Waals surface area contributed by atoms with Crippen molar-refractivity contribution in [3.8, 4) is 0 Å². The zero-order chi connectivity index (χ0) is 24.9. The lowest BCUT2D eigenvalue weighted by atomic mass is 10.1. The lowest BCUT2D eigenvalue weighted by molar-refractivity contribution is -0.132. The Hall–Kier alpha value is -2.66. The predicted molar refractivity (Wildman–Crippen MR) is 132 cm³/mol. The van der Waals surface area contributed by atoms with Crippen LogP contribution in [-0.4, -0.2) is 75.5 Å². The minimum absolute atomic E-state index is 0.0444. The second-order valence-corrected chi connectivity index (χ2v) is 10.5.